The van der Waals surface area contributed by atoms with Crippen molar-refractivity contribution >= 4 is 11.6 Å². The number of rotatable bonds is 6. The molecule has 1 aliphatic rings. The lowest BCUT2D eigenvalue weighted by atomic mass is 9.98. The lowest BCUT2D eigenvalue weighted by Crippen LogP contribution is -2.23. The van der Waals surface area contributed by atoms with Gasteiger partial charge in [0, 0.05) is 22.4 Å². The zero-order valence-corrected chi connectivity index (χ0v) is 18.7. The van der Waals surface area contributed by atoms with Crippen LogP contribution in [0.2, 0.25) is 0 Å². The highest BCUT2D eigenvalue weighted by molar-refractivity contribution is 6.11. The fraction of sp³-hybridized carbons (Fsp3) is 0.280. The first kappa shape index (κ1) is 24.6. The Bertz CT molecular complexity index is 1250. The molecule has 0 unspecified atom stereocenters. The number of anilines is 1. The molecule has 0 saturated carbocycles. The first-order chi connectivity index (χ1) is 16.3. The zero-order chi connectivity index (χ0) is 25.5. The lowest BCUT2D eigenvalue weighted by molar-refractivity contribution is -0.153. The largest absolute Gasteiger partial charge is 0.483 e. The highest BCUT2D eigenvalue weighted by Gasteiger charge is 2.35. The van der Waals surface area contributed by atoms with Gasteiger partial charge in [-0.2, -0.15) is 13.2 Å². The van der Waals surface area contributed by atoms with Crippen LogP contribution in [0.4, 0.5) is 27.6 Å². The number of fused-ring (bicyclic) bond motifs is 1. The molecule has 2 heterocycles. The van der Waals surface area contributed by atoms with Gasteiger partial charge in [0.15, 0.2) is 6.61 Å². The standard InChI is InChI=1S/C25H21F5N2O3/c1-24(2,34)14-7-9-15(10-8-14)32-12-18-17(23(32)33)11-19(22(26)27)31-21(18)16-5-3-4-6-20(16)35-13-25(28,29)30/h3-11,22,34H,12-13H2,1-2H3. The number of amides is 1. The molecule has 10 heteroatoms. The van der Waals surface area contributed by atoms with E-state index in [1.807, 2.05) is 0 Å². The molecule has 0 bridgehead atoms. The molecule has 0 saturated heterocycles. The Morgan fingerprint density at radius 1 is 1.06 bits per heavy atom. The van der Waals surface area contributed by atoms with E-state index in [1.165, 1.54) is 29.2 Å². The predicted molar refractivity (Wildman–Crippen MR) is 118 cm³/mol. The maximum absolute atomic E-state index is 13.6. The van der Waals surface area contributed by atoms with E-state index in [-0.39, 0.29) is 29.1 Å². The number of nitrogens with zero attached hydrogens (tertiary/aromatic N) is 2. The molecule has 2 aromatic carbocycles. The number of carbonyl (C=O) groups is 1. The quantitative estimate of drug-likeness (QED) is 0.428. The minimum atomic E-state index is -4.60. The van der Waals surface area contributed by atoms with Crippen molar-refractivity contribution in [3.63, 3.8) is 0 Å². The van der Waals surface area contributed by atoms with E-state index in [0.29, 0.717) is 16.8 Å². The first-order valence-electron chi connectivity index (χ1n) is 10.6. The van der Waals surface area contributed by atoms with Crippen molar-refractivity contribution in [1.29, 1.82) is 0 Å². The molecule has 5 nitrogen and oxygen atoms in total. The fourth-order valence-corrected chi connectivity index (χ4v) is 3.86. The Hall–Kier alpha value is -3.53. The summed E-state index contributed by atoms with van der Waals surface area (Å²) in [7, 11) is 0. The Kier molecular flexibility index (Phi) is 6.27. The number of pyridine rings is 1. The van der Waals surface area contributed by atoms with Gasteiger partial charge in [-0.05, 0) is 49.7 Å². The van der Waals surface area contributed by atoms with E-state index in [2.05, 4.69) is 4.98 Å². The van der Waals surface area contributed by atoms with Crippen LogP contribution in [0.1, 0.15) is 47.5 Å². The van der Waals surface area contributed by atoms with Crippen LogP contribution < -0.4 is 9.64 Å². The fourth-order valence-electron chi connectivity index (χ4n) is 3.86. The summed E-state index contributed by atoms with van der Waals surface area (Å²) < 4.78 is 70.5. The number of alkyl halides is 5. The van der Waals surface area contributed by atoms with Crippen molar-refractivity contribution in [3.8, 4) is 17.0 Å². The molecular weight excluding hydrogens is 471 g/mol. The summed E-state index contributed by atoms with van der Waals surface area (Å²) in [6, 6.07) is 13.2. The Morgan fingerprint density at radius 3 is 2.31 bits per heavy atom. The van der Waals surface area contributed by atoms with Crippen molar-refractivity contribution in [2.24, 2.45) is 0 Å². The number of carbonyl (C=O) groups excluding carboxylic acids is 1. The van der Waals surface area contributed by atoms with Gasteiger partial charge in [-0.3, -0.25) is 4.79 Å². The first-order valence-corrected chi connectivity index (χ1v) is 10.6. The second-order valence-electron chi connectivity index (χ2n) is 8.62. The van der Waals surface area contributed by atoms with Crippen LogP contribution in [0.5, 0.6) is 5.75 Å². The summed E-state index contributed by atoms with van der Waals surface area (Å²) in [6.45, 7) is 1.62. The number of para-hydroxylation sites is 1. The molecule has 0 spiro atoms. The average molecular weight is 492 g/mol. The summed E-state index contributed by atoms with van der Waals surface area (Å²) in [5.41, 5.74) is -0.371. The van der Waals surface area contributed by atoms with Crippen LogP contribution in [0.3, 0.4) is 0 Å². The van der Waals surface area contributed by atoms with Gasteiger partial charge in [-0.15, -0.1) is 0 Å². The van der Waals surface area contributed by atoms with E-state index < -0.39 is 36.4 Å². The molecule has 0 atom stereocenters. The number of aliphatic hydroxyl groups is 1. The molecule has 1 N–H and O–H groups in total. The third kappa shape index (κ3) is 5.12. The molecule has 1 aromatic heterocycles. The molecular formula is C25H21F5N2O3. The van der Waals surface area contributed by atoms with Crippen molar-refractivity contribution in [2.75, 3.05) is 11.5 Å². The maximum atomic E-state index is 13.6. The maximum Gasteiger partial charge on any atom is 0.422 e. The number of hydrogen-bond donors (Lipinski definition) is 1. The Morgan fingerprint density at radius 2 is 1.71 bits per heavy atom. The molecule has 35 heavy (non-hydrogen) atoms. The SMILES string of the molecule is CC(C)(O)c1ccc(N2Cc3c(cc(C(F)F)nc3-c3ccccc3OCC(F)(F)F)C2=O)cc1. The molecule has 4 rings (SSSR count). The van der Waals surface area contributed by atoms with Gasteiger partial charge >= 0.3 is 6.18 Å². The number of ether oxygens (including phenoxy) is 1. The highest BCUT2D eigenvalue weighted by atomic mass is 19.4. The Labute approximate surface area is 197 Å². The summed E-state index contributed by atoms with van der Waals surface area (Å²) >= 11 is 0. The van der Waals surface area contributed by atoms with Crippen molar-refractivity contribution in [2.45, 2.75) is 38.6 Å². The summed E-state index contributed by atoms with van der Waals surface area (Å²) in [6.07, 6.45) is -7.61. The average Bonchev–Trinajstić information content (AvgIpc) is 3.13. The van der Waals surface area contributed by atoms with Gasteiger partial charge in [0.25, 0.3) is 12.3 Å². The number of halogens is 5. The molecule has 1 aliphatic heterocycles. The van der Waals surface area contributed by atoms with E-state index in [1.54, 1.807) is 38.1 Å². The molecule has 0 fully saturated rings. The lowest BCUT2D eigenvalue weighted by Gasteiger charge is -2.20. The number of hydrogen-bond acceptors (Lipinski definition) is 4. The third-order valence-electron chi connectivity index (χ3n) is 5.58. The number of aromatic nitrogens is 1. The molecule has 0 radical (unpaired) electrons. The number of benzene rings is 2. The topological polar surface area (TPSA) is 62.7 Å². The smallest absolute Gasteiger partial charge is 0.422 e. The van der Waals surface area contributed by atoms with Gasteiger partial charge in [-0.25, -0.2) is 13.8 Å². The van der Waals surface area contributed by atoms with Gasteiger partial charge in [0.2, 0.25) is 0 Å². The molecule has 0 aliphatic carbocycles. The molecule has 184 valence electrons. The summed E-state index contributed by atoms with van der Waals surface area (Å²) in [5.74, 6) is -0.735. The van der Waals surface area contributed by atoms with Crippen LogP contribution >= 0.6 is 0 Å². The summed E-state index contributed by atoms with van der Waals surface area (Å²) in [5, 5.41) is 10.2. The van der Waals surface area contributed by atoms with E-state index in [0.717, 1.165) is 6.07 Å². The van der Waals surface area contributed by atoms with Crippen LogP contribution in [-0.4, -0.2) is 28.8 Å². The van der Waals surface area contributed by atoms with Gasteiger partial charge in [0.1, 0.15) is 11.4 Å². The van der Waals surface area contributed by atoms with Crippen LogP contribution in [0.15, 0.2) is 54.6 Å². The monoisotopic (exact) mass is 492 g/mol. The van der Waals surface area contributed by atoms with Gasteiger partial charge in [0.05, 0.1) is 17.8 Å². The van der Waals surface area contributed by atoms with Crippen LogP contribution in [-0.2, 0) is 12.1 Å². The predicted octanol–water partition coefficient (Wildman–Crippen LogP) is 6.02. The van der Waals surface area contributed by atoms with E-state index in [9.17, 15) is 31.9 Å². The summed E-state index contributed by atoms with van der Waals surface area (Å²) in [4.78, 5) is 18.6. The Balaban J connectivity index is 1.78. The molecule has 3 aromatic rings. The van der Waals surface area contributed by atoms with Crippen LogP contribution in [0.25, 0.3) is 11.3 Å². The second-order valence-corrected chi connectivity index (χ2v) is 8.62. The normalized spacial score (nSPS) is 14.0. The van der Waals surface area contributed by atoms with Crippen LogP contribution in [0, 0.1) is 0 Å². The third-order valence-corrected chi connectivity index (χ3v) is 5.58. The van der Waals surface area contributed by atoms with E-state index >= 15 is 0 Å². The van der Waals surface area contributed by atoms with Crippen molar-refractivity contribution in [1.82, 2.24) is 4.98 Å². The highest BCUT2D eigenvalue weighted by Crippen LogP contribution is 2.40. The minimum absolute atomic E-state index is 0.0116. The van der Waals surface area contributed by atoms with E-state index in [4.69, 9.17) is 4.74 Å². The van der Waals surface area contributed by atoms with Gasteiger partial charge < -0.3 is 14.7 Å². The zero-order valence-electron chi connectivity index (χ0n) is 18.7. The van der Waals surface area contributed by atoms with Crippen molar-refractivity contribution < 1.29 is 36.6 Å². The second kappa shape index (κ2) is 8.92. The minimum Gasteiger partial charge on any atom is -0.483 e. The van der Waals surface area contributed by atoms with Crippen molar-refractivity contribution in [3.05, 3.63) is 77.0 Å². The molecule has 1 amide bonds. The van der Waals surface area contributed by atoms with Gasteiger partial charge in [-0.1, -0.05) is 24.3 Å².